The van der Waals surface area contributed by atoms with E-state index in [1.807, 2.05) is 0 Å². The topological polar surface area (TPSA) is 96.0 Å². The molecule has 2 aliphatic rings. The average molecular weight is 407 g/mol. The van der Waals surface area contributed by atoms with Crippen LogP contribution in [0.5, 0.6) is 0 Å². The quantitative estimate of drug-likeness (QED) is 0.737. The Morgan fingerprint density at radius 3 is 2.46 bits per heavy atom. The SMILES string of the molecule is C=CC(=O)Nc1ccc(C(=O)N2CCCC(S(=O)(=O)N3CCOCC3)C2)cc1. The number of ether oxygens (including phenoxy) is 1. The molecule has 0 aromatic heterocycles. The Labute approximate surface area is 165 Å². The van der Waals surface area contributed by atoms with E-state index in [1.165, 1.54) is 10.4 Å². The van der Waals surface area contributed by atoms with Crippen LogP contribution < -0.4 is 5.32 Å². The Kier molecular flexibility index (Phi) is 6.48. The Balaban J connectivity index is 1.67. The molecular weight excluding hydrogens is 382 g/mol. The van der Waals surface area contributed by atoms with Gasteiger partial charge in [0.25, 0.3) is 5.91 Å². The standard InChI is InChI=1S/C19H25N3O5S/c1-2-18(23)20-16-7-5-15(6-8-16)19(24)21-9-3-4-17(14-21)28(25,26)22-10-12-27-13-11-22/h2,5-8,17H,1,3-4,9-14H2,(H,20,23). The maximum atomic E-state index is 12.9. The Hall–Kier alpha value is -2.23. The molecule has 2 amide bonds. The number of benzene rings is 1. The van der Waals surface area contributed by atoms with Crippen LogP contribution in [0, 0.1) is 0 Å². The van der Waals surface area contributed by atoms with Crippen molar-refractivity contribution in [1.82, 2.24) is 9.21 Å². The maximum Gasteiger partial charge on any atom is 0.253 e. The molecule has 1 atom stereocenters. The third kappa shape index (κ3) is 4.60. The van der Waals surface area contributed by atoms with E-state index in [0.29, 0.717) is 56.9 Å². The smallest absolute Gasteiger partial charge is 0.253 e. The van der Waals surface area contributed by atoms with Crippen molar-refractivity contribution in [2.75, 3.05) is 44.7 Å². The van der Waals surface area contributed by atoms with Crippen molar-refractivity contribution in [2.45, 2.75) is 18.1 Å². The third-order valence-electron chi connectivity index (χ3n) is 5.00. The number of nitrogens with one attached hydrogen (secondary N) is 1. The Bertz CT molecular complexity index is 832. The number of rotatable bonds is 5. The lowest BCUT2D eigenvalue weighted by Gasteiger charge is -2.36. The summed E-state index contributed by atoms with van der Waals surface area (Å²) in [7, 11) is -3.45. The highest BCUT2D eigenvalue weighted by atomic mass is 32.2. The number of nitrogens with zero attached hydrogens (tertiary/aromatic N) is 2. The lowest BCUT2D eigenvalue weighted by Crippen LogP contribution is -2.51. The maximum absolute atomic E-state index is 12.9. The van der Waals surface area contributed by atoms with E-state index in [-0.39, 0.29) is 18.4 Å². The molecule has 152 valence electrons. The summed E-state index contributed by atoms with van der Waals surface area (Å²) in [5.41, 5.74) is 1.02. The number of likely N-dealkylation sites (tertiary alicyclic amines) is 1. The molecule has 0 aliphatic carbocycles. The van der Waals surface area contributed by atoms with E-state index in [0.717, 1.165) is 0 Å². The minimum Gasteiger partial charge on any atom is -0.379 e. The summed E-state index contributed by atoms with van der Waals surface area (Å²) in [6.45, 7) is 5.65. The number of carbonyl (C=O) groups is 2. The second-order valence-electron chi connectivity index (χ2n) is 6.84. The number of carbonyl (C=O) groups excluding carboxylic acids is 2. The molecule has 2 saturated heterocycles. The Morgan fingerprint density at radius 1 is 1.14 bits per heavy atom. The number of hydrogen-bond donors (Lipinski definition) is 1. The second kappa shape index (κ2) is 8.85. The highest BCUT2D eigenvalue weighted by Crippen LogP contribution is 2.23. The average Bonchev–Trinajstić information content (AvgIpc) is 2.74. The van der Waals surface area contributed by atoms with Crippen LogP contribution in [0.3, 0.4) is 0 Å². The molecule has 8 nitrogen and oxygen atoms in total. The largest absolute Gasteiger partial charge is 0.379 e. The summed E-state index contributed by atoms with van der Waals surface area (Å²) in [6, 6.07) is 6.53. The molecule has 2 heterocycles. The molecule has 1 N–H and O–H groups in total. The lowest BCUT2D eigenvalue weighted by atomic mass is 10.1. The summed E-state index contributed by atoms with van der Waals surface area (Å²) in [5, 5.41) is 2.04. The third-order valence-corrected chi connectivity index (χ3v) is 7.31. The van der Waals surface area contributed by atoms with Gasteiger partial charge in [0.15, 0.2) is 0 Å². The molecule has 9 heteroatoms. The number of hydrogen-bond acceptors (Lipinski definition) is 5. The van der Waals surface area contributed by atoms with Crippen molar-refractivity contribution >= 4 is 27.5 Å². The molecule has 2 aliphatic heterocycles. The summed E-state index contributed by atoms with van der Waals surface area (Å²) >= 11 is 0. The van der Waals surface area contributed by atoms with Crippen molar-refractivity contribution < 1.29 is 22.7 Å². The number of morpholine rings is 1. The number of sulfonamides is 1. The molecule has 1 aromatic rings. The van der Waals surface area contributed by atoms with Crippen molar-refractivity contribution in [3.05, 3.63) is 42.5 Å². The number of anilines is 1. The molecular formula is C19H25N3O5S. The van der Waals surface area contributed by atoms with Crippen LogP contribution in [0.4, 0.5) is 5.69 Å². The zero-order valence-electron chi connectivity index (χ0n) is 15.7. The molecule has 1 aromatic carbocycles. The lowest BCUT2D eigenvalue weighted by molar-refractivity contribution is -0.111. The zero-order valence-corrected chi connectivity index (χ0v) is 16.5. The van der Waals surface area contributed by atoms with Crippen LogP contribution in [-0.2, 0) is 19.6 Å². The predicted octanol–water partition coefficient (Wildman–Crippen LogP) is 1.08. The van der Waals surface area contributed by atoms with Gasteiger partial charge in [0, 0.05) is 37.4 Å². The second-order valence-corrected chi connectivity index (χ2v) is 9.06. The van der Waals surface area contributed by atoms with E-state index in [2.05, 4.69) is 11.9 Å². The van der Waals surface area contributed by atoms with E-state index in [1.54, 1.807) is 29.2 Å². The van der Waals surface area contributed by atoms with Gasteiger partial charge in [-0.1, -0.05) is 6.58 Å². The van der Waals surface area contributed by atoms with Gasteiger partial charge >= 0.3 is 0 Å². The number of piperidine rings is 1. The first-order valence-electron chi connectivity index (χ1n) is 9.31. The minimum atomic E-state index is -3.45. The van der Waals surface area contributed by atoms with Gasteiger partial charge in [0.1, 0.15) is 0 Å². The molecule has 0 radical (unpaired) electrons. The highest BCUT2D eigenvalue weighted by Gasteiger charge is 2.37. The van der Waals surface area contributed by atoms with Crippen LogP contribution in [0.2, 0.25) is 0 Å². The van der Waals surface area contributed by atoms with E-state index < -0.39 is 15.3 Å². The van der Waals surface area contributed by atoms with Gasteiger partial charge in [-0.15, -0.1) is 0 Å². The van der Waals surface area contributed by atoms with Gasteiger partial charge in [-0.25, -0.2) is 8.42 Å². The van der Waals surface area contributed by atoms with Gasteiger partial charge in [0.2, 0.25) is 15.9 Å². The minimum absolute atomic E-state index is 0.188. The van der Waals surface area contributed by atoms with E-state index in [4.69, 9.17) is 4.74 Å². The first-order chi connectivity index (χ1) is 13.4. The molecule has 0 bridgehead atoms. The van der Waals surface area contributed by atoms with Gasteiger partial charge < -0.3 is 15.0 Å². The van der Waals surface area contributed by atoms with Crippen molar-refractivity contribution in [3.8, 4) is 0 Å². The molecule has 2 fully saturated rings. The zero-order chi connectivity index (χ0) is 20.1. The first kappa shape index (κ1) is 20.5. The summed E-state index contributed by atoms with van der Waals surface area (Å²) in [4.78, 5) is 25.8. The van der Waals surface area contributed by atoms with Crippen molar-refractivity contribution in [3.63, 3.8) is 0 Å². The Morgan fingerprint density at radius 2 is 1.82 bits per heavy atom. The van der Waals surface area contributed by atoms with Gasteiger partial charge in [-0.2, -0.15) is 4.31 Å². The van der Waals surface area contributed by atoms with Crippen LogP contribution in [-0.4, -0.2) is 74.1 Å². The van der Waals surface area contributed by atoms with Gasteiger partial charge in [-0.3, -0.25) is 9.59 Å². The fourth-order valence-corrected chi connectivity index (χ4v) is 5.36. The molecule has 0 spiro atoms. The fraction of sp³-hybridized carbons (Fsp3) is 0.474. The molecule has 0 saturated carbocycles. The van der Waals surface area contributed by atoms with Crippen LogP contribution in [0.1, 0.15) is 23.2 Å². The van der Waals surface area contributed by atoms with Gasteiger partial charge in [-0.05, 0) is 43.2 Å². The van der Waals surface area contributed by atoms with Crippen LogP contribution in [0.25, 0.3) is 0 Å². The summed E-state index contributed by atoms with van der Waals surface area (Å²) in [6.07, 6.45) is 2.37. The van der Waals surface area contributed by atoms with Crippen molar-refractivity contribution in [2.24, 2.45) is 0 Å². The predicted molar refractivity (Wildman–Crippen MR) is 106 cm³/mol. The summed E-state index contributed by atoms with van der Waals surface area (Å²) < 4.78 is 32.5. The molecule has 28 heavy (non-hydrogen) atoms. The molecule has 1 unspecified atom stereocenters. The van der Waals surface area contributed by atoms with Gasteiger partial charge in [0.05, 0.1) is 18.5 Å². The molecule has 3 rings (SSSR count). The summed E-state index contributed by atoms with van der Waals surface area (Å²) in [5.74, 6) is -0.533. The normalized spacial score (nSPS) is 21.1. The number of amides is 2. The monoisotopic (exact) mass is 407 g/mol. The fourth-order valence-electron chi connectivity index (χ4n) is 3.45. The highest BCUT2D eigenvalue weighted by molar-refractivity contribution is 7.89. The van der Waals surface area contributed by atoms with Crippen LogP contribution in [0.15, 0.2) is 36.9 Å². The van der Waals surface area contributed by atoms with Crippen LogP contribution >= 0.6 is 0 Å². The first-order valence-corrected chi connectivity index (χ1v) is 10.8. The van der Waals surface area contributed by atoms with Crippen molar-refractivity contribution in [1.29, 1.82) is 0 Å². The van der Waals surface area contributed by atoms with E-state index >= 15 is 0 Å². The van der Waals surface area contributed by atoms with E-state index in [9.17, 15) is 18.0 Å².